The van der Waals surface area contributed by atoms with Crippen LogP contribution in [0.5, 0.6) is 0 Å². The summed E-state index contributed by atoms with van der Waals surface area (Å²) in [6.07, 6.45) is 1.50. The molecular weight excluding hydrogens is 258 g/mol. The van der Waals surface area contributed by atoms with Crippen molar-refractivity contribution in [1.82, 2.24) is 10.6 Å². The van der Waals surface area contributed by atoms with Gasteiger partial charge in [0.05, 0.1) is 6.04 Å². The minimum absolute atomic E-state index is 0.0150. The topological polar surface area (TPSA) is 101 Å². The summed E-state index contributed by atoms with van der Waals surface area (Å²) in [5.74, 6) is 0.0211. The van der Waals surface area contributed by atoms with E-state index in [1.165, 1.54) is 0 Å². The van der Waals surface area contributed by atoms with Crippen LogP contribution < -0.4 is 16.4 Å². The van der Waals surface area contributed by atoms with Gasteiger partial charge >= 0.3 is 6.03 Å². The third kappa shape index (κ3) is 8.50. The summed E-state index contributed by atoms with van der Waals surface area (Å²) in [7, 11) is 0. The molecule has 0 aliphatic rings. The molecule has 0 aromatic carbocycles. The van der Waals surface area contributed by atoms with Crippen LogP contribution in [0.1, 0.15) is 47.0 Å². The Balaban J connectivity index is 4.38. The molecule has 0 aromatic heterocycles. The molecule has 1 atom stereocenters. The summed E-state index contributed by atoms with van der Waals surface area (Å²) < 4.78 is 0. The number of carbonyl (C=O) groups is 3. The number of nitrogens with one attached hydrogen (secondary N) is 2. The number of amides is 3. The van der Waals surface area contributed by atoms with E-state index in [0.29, 0.717) is 25.8 Å². The third-order valence-corrected chi connectivity index (χ3v) is 2.81. The van der Waals surface area contributed by atoms with Crippen LogP contribution in [-0.4, -0.2) is 30.3 Å². The van der Waals surface area contributed by atoms with Crippen molar-refractivity contribution >= 4 is 17.7 Å². The monoisotopic (exact) mass is 285 g/mol. The molecule has 0 saturated heterocycles. The van der Waals surface area contributed by atoms with Gasteiger partial charge < -0.3 is 16.4 Å². The van der Waals surface area contributed by atoms with E-state index >= 15 is 0 Å². The highest BCUT2D eigenvalue weighted by atomic mass is 16.2. The number of hydrogen-bond donors (Lipinski definition) is 3. The summed E-state index contributed by atoms with van der Waals surface area (Å²) in [6, 6.07) is -1.07. The normalized spacial score (nSPS) is 12.3. The summed E-state index contributed by atoms with van der Waals surface area (Å²) >= 11 is 0. The van der Waals surface area contributed by atoms with Crippen LogP contribution in [0.2, 0.25) is 0 Å². The fourth-order valence-corrected chi connectivity index (χ4v) is 1.83. The van der Waals surface area contributed by atoms with Crippen LogP contribution in [0.25, 0.3) is 0 Å². The predicted octanol–water partition coefficient (Wildman–Crippen LogP) is 1.19. The van der Waals surface area contributed by atoms with Crippen molar-refractivity contribution in [3.8, 4) is 0 Å². The molecule has 0 rings (SSSR count). The maximum atomic E-state index is 12.1. The molecule has 0 spiro atoms. The fourth-order valence-electron chi connectivity index (χ4n) is 1.83. The van der Waals surface area contributed by atoms with Gasteiger partial charge in [-0.05, 0) is 18.8 Å². The van der Waals surface area contributed by atoms with Crippen LogP contribution >= 0.6 is 0 Å². The van der Waals surface area contributed by atoms with E-state index in [4.69, 9.17) is 5.73 Å². The van der Waals surface area contributed by atoms with Gasteiger partial charge in [0.15, 0.2) is 5.78 Å². The van der Waals surface area contributed by atoms with Crippen LogP contribution in [0, 0.1) is 11.8 Å². The molecule has 0 radical (unpaired) electrons. The maximum Gasteiger partial charge on any atom is 0.312 e. The number of carbonyl (C=O) groups excluding carboxylic acids is 3. The first-order chi connectivity index (χ1) is 9.23. The van der Waals surface area contributed by atoms with Gasteiger partial charge in [-0.3, -0.25) is 9.59 Å². The maximum absolute atomic E-state index is 12.1. The highest BCUT2D eigenvalue weighted by molar-refractivity contribution is 5.90. The molecule has 0 fully saturated rings. The average molecular weight is 285 g/mol. The van der Waals surface area contributed by atoms with Crippen LogP contribution in [0.15, 0.2) is 0 Å². The Morgan fingerprint density at radius 1 is 1.10 bits per heavy atom. The van der Waals surface area contributed by atoms with E-state index in [0.717, 1.165) is 0 Å². The van der Waals surface area contributed by atoms with Crippen molar-refractivity contribution < 1.29 is 14.4 Å². The van der Waals surface area contributed by atoms with Gasteiger partial charge in [0, 0.05) is 18.9 Å². The van der Waals surface area contributed by atoms with Gasteiger partial charge in [0.25, 0.3) is 0 Å². The fraction of sp³-hybridized carbons (Fsp3) is 0.786. The van der Waals surface area contributed by atoms with Gasteiger partial charge in [-0.2, -0.15) is 0 Å². The first kappa shape index (κ1) is 18.4. The van der Waals surface area contributed by atoms with E-state index in [2.05, 4.69) is 10.6 Å². The zero-order chi connectivity index (χ0) is 15.7. The lowest BCUT2D eigenvalue weighted by molar-refractivity contribution is -0.130. The van der Waals surface area contributed by atoms with Crippen molar-refractivity contribution in [3.63, 3.8) is 0 Å². The van der Waals surface area contributed by atoms with Crippen molar-refractivity contribution in [1.29, 1.82) is 0 Å². The van der Waals surface area contributed by atoms with Crippen LogP contribution in [0.3, 0.4) is 0 Å². The molecule has 0 aromatic rings. The highest BCUT2D eigenvalue weighted by Gasteiger charge is 2.22. The molecule has 0 saturated carbocycles. The molecule has 6 heteroatoms. The number of nitrogens with two attached hydrogens (primary N) is 1. The minimum atomic E-state index is -0.583. The van der Waals surface area contributed by atoms with Crippen molar-refractivity contribution in [2.45, 2.75) is 53.0 Å². The lowest BCUT2D eigenvalue weighted by atomic mass is 9.97. The third-order valence-electron chi connectivity index (χ3n) is 2.81. The minimum Gasteiger partial charge on any atom is -0.352 e. The van der Waals surface area contributed by atoms with Gasteiger partial charge in [-0.25, -0.2) is 4.79 Å². The van der Waals surface area contributed by atoms with E-state index in [9.17, 15) is 14.4 Å². The number of Topliss-reactive ketones (excluding diaryl/α,β-unsaturated/α-hetero) is 1. The average Bonchev–Trinajstić information content (AvgIpc) is 2.30. The highest BCUT2D eigenvalue weighted by Crippen LogP contribution is 2.07. The van der Waals surface area contributed by atoms with Crippen molar-refractivity contribution in [2.75, 3.05) is 6.54 Å². The molecule has 0 aliphatic heterocycles. The van der Waals surface area contributed by atoms with Crippen molar-refractivity contribution in [3.05, 3.63) is 0 Å². The number of ketones is 1. The van der Waals surface area contributed by atoms with E-state index in [1.54, 1.807) is 0 Å². The summed E-state index contributed by atoms with van der Waals surface area (Å²) in [6.45, 7) is 7.93. The molecule has 6 nitrogen and oxygen atoms in total. The predicted molar refractivity (Wildman–Crippen MR) is 78.1 cm³/mol. The Kier molecular flexibility index (Phi) is 8.59. The Morgan fingerprint density at radius 3 is 2.15 bits per heavy atom. The van der Waals surface area contributed by atoms with E-state index in [-0.39, 0.29) is 23.5 Å². The SMILES string of the molecule is CC(C)CC(=O)N[C@@H](CCCNC(N)=O)C(=O)C(C)C. The second kappa shape index (κ2) is 9.34. The summed E-state index contributed by atoms with van der Waals surface area (Å²) in [4.78, 5) is 34.4. The number of hydrogen-bond acceptors (Lipinski definition) is 3. The Labute approximate surface area is 120 Å². The molecule has 0 unspecified atom stereocenters. The number of primary amides is 1. The molecule has 3 amide bonds. The molecule has 116 valence electrons. The number of rotatable bonds is 9. The lowest BCUT2D eigenvalue weighted by Gasteiger charge is -2.20. The molecule has 20 heavy (non-hydrogen) atoms. The van der Waals surface area contributed by atoms with E-state index in [1.807, 2.05) is 27.7 Å². The molecule has 0 bridgehead atoms. The second-order valence-electron chi connectivity index (χ2n) is 5.71. The molecular formula is C14H27N3O3. The van der Waals surface area contributed by atoms with Crippen LogP contribution in [0.4, 0.5) is 4.79 Å². The van der Waals surface area contributed by atoms with E-state index < -0.39 is 12.1 Å². The quantitative estimate of drug-likeness (QED) is 0.555. The number of urea groups is 1. The second-order valence-corrected chi connectivity index (χ2v) is 5.71. The molecule has 4 N–H and O–H groups in total. The smallest absolute Gasteiger partial charge is 0.312 e. The van der Waals surface area contributed by atoms with Gasteiger partial charge in [0.1, 0.15) is 0 Å². The van der Waals surface area contributed by atoms with Gasteiger partial charge in [-0.15, -0.1) is 0 Å². The summed E-state index contributed by atoms with van der Waals surface area (Å²) in [5.41, 5.74) is 4.97. The van der Waals surface area contributed by atoms with Gasteiger partial charge in [-0.1, -0.05) is 27.7 Å². The summed E-state index contributed by atoms with van der Waals surface area (Å²) in [5, 5.41) is 5.25. The van der Waals surface area contributed by atoms with Crippen molar-refractivity contribution in [2.24, 2.45) is 17.6 Å². The Bertz CT molecular complexity index is 341. The zero-order valence-electron chi connectivity index (χ0n) is 12.9. The zero-order valence-corrected chi connectivity index (χ0v) is 12.9. The Morgan fingerprint density at radius 2 is 1.70 bits per heavy atom. The first-order valence-corrected chi connectivity index (χ1v) is 7.10. The Hall–Kier alpha value is -1.59. The molecule has 0 aliphatic carbocycles. The lowest BCUT2D eigenvalue weighted by Crippen LogP contribution is -2.43. The molecule has 0 heterocycles. The first-order valence-electron chi connectivity index (χ1n) is 7.10. The van der Waals surface area contributed by atoms with Crippen LogP contribution in [-0.2, 0) is 9.59 Å². The van der Waals surface area contributed by atoms with Gasteiger partial charge in [0.2, 0.25) is 5.91 Å². The standard InChI is InChI=1S/C14H27N3O3/c1-9(2)8-12(18)17-11(13(19)10(3)4)6-5-7-16-14(15)20/h9-11H,5-8H2,1-4H3,(H,17,18)(H3,15,16,20)/t11-/m0/s1. The largest absolute Gasteiger partial charge is 0.352 e.